The summed E-state index contributed by atoms with van der Waals surface area (Å²) < 4.78 is 3.45. The third-order valence-corrected chi connectivity index (χ3v) is 7.35. The van der Waals surface area contributed by atoms with Gasteiger partial charge in [-0.05, 0) is 63.6 Å². The van der Waals surface area contributed by atoms with Gasteiger partial charge < -0.3 is 14.8 Å². The maximum atomic E-state index is 13.4. The molecule has 1 aliphatic rings. The maximum absolute atomic E-state index is 13.4. The Kier molecular flexibility index (Phi) is 7.75. The number of aromatic nitrogens is 3. The lowest BCUT2D eigenvalue weighted by molar-refractivity contribution is -0.124. The van der Waals surface area contributed by atoms with Crippen LogP contribution in [0, 0.1) is 25.7 Å². The highest BCUT2D eigenvalue weighted by Crippen LogP contribution is 2.28. The SMILES string of the molecule is CCC(C(=O)NCCCN1CC(C)CC(C)C1)n1c(C)c2cnn(-c3ccccc3)c(=O)c2c1C. The number of hydrogen-bond acceptors (Lipinski definition) is 4. The highest BCUT2D eigenvalue weighted by molar-refractivity contribution is 5.89. The first-order valence-electron chi connectivity index (χ1n) is 13.0. The Hall–Kier alpha value is -2.93. The van der Waals surface area contributed by atoms with E-state index in [1.165, 1.54) is 11.1 Å². The van der Waals surface area contributed by atoms with Gasteiger partial charge in [0.1, 0.15) is 6.04 Å². The van der Waals surface area contributed by atoms with Crippen molar-refractivity contribution in [2.24, 2.45) is 11.8 Å². The monoisotopic (exact) mass is 477 g/mol. The summed E-state index contributed by atoms with van der Waals surface area (Å²) in [6, 6.07) is 9.07. The molecule has 4 rings (SSSR count). The molecule has 3 atom stereocenters. The van der Waals surface area contributed by atoms with Gasteiger partial charge in [-0.3, -0.25) is 9.59 Å². The van der Waals surface area contributed by atoms with Crippen LogP contribution >= 0.6 is 0 Å². The smallest absolute Gasteiger partial charge is 0.281 e. The highest BCUT2D eigenvalue weighted by Gasteiger charge is 2.26. The van der Waals surface area contributed by atoms with Crippen molar-refractivity contribution in [1.82, 2.24) is 24.6 Å². The molecule has 3 unspecified atom stereocenters. The number of piperidine rings is 1. The topological polar surface area (TPSA) is 72.2 Å². The van der Waals surface area contributed by atoms with Gasteiger partial charge >= 0.3 is 0 Å². The van der Waals surface area contributed by atoms with Crippen LogP contribution in [-0.4, -0.2) is 51.3 Å². The van der Waals surface area contributed by atoms with E-state index in [9.17, 15) is 9.59 Å². The van der Waals surface area contributed by atoms with Crippen LogP contribution in [0.5, 0.6) is 0 Å². The Balaban J connectivity index is 1.50. The average Bonchev–Trinajstić information content (AvgIpc) is 3.08. The van der Waals surface area contributed by atoms with E-state index in [4.69, 9.17) is 0 Å². The number of nitrogens with zero attached hydrogens (tertiary/aromatic N) is 4. The van der Waals surface area contributed by atoms with E-state index in [2.05, 4.69) is 29.2 Å². The molecule has 0 spiro atoms. The standard InChI is InChI=1S/C28H39N5O2/c1-6-25(27(34)29-13-10-14-31-17-19(2)15-20(3)18-31)32-21(4)24-16-30-33(23-11-8-7-9-12-23)28(35)26(24)22(32)5/h7-9,11-12,16,19-20,25H,6,10,13-15,17-18H2,1-5H3,(H,29,34). The summed E-state index contributed by atoms with van der Waals surface area (Å²) in [5.74, 6) is 1.50. The fraction of sp³-hybridized carbons (Fsp3) is 0.536. The summed E-state index contributed by atoms with van der Waals surface area (Å²) in [5.41, 5.74) is 2.29. The third kappa shape index (κ3) is 5.20. The first-order chi connectivity index (χ1) is 16.8. The number of aryl methyl sites for hydroxylation is 2. The summed E-state index contributed by atoms with van der Waals surface area (Å²) in [6.07, 6.45) is 4.64. The molecule has 1 saturated heterocycles. The highest BCUT2D eigenvalue weighted by atomic mass is 16.2. The molecule has 188 valence electrons. The van der Waals surface area contributed by atoms with Crippen molar-refractivity contribution in [2.75, 3.05) is 26.2 Å². The zero-order valence-corrected chi connectivity index (χ0v) is 21.8. The lowest BCUT2D eigenvalue weighted by atomic mass is 9.92. The van der Waals surface area contributed by atoms with Crippen molar-refractivity contribution >= 4 is 16.7 Å². The van der Waals surface area contributed by atoms with Gasteiger partial charge in [0, 0.05) is 36.4 Å². The number of rotatable bonds is 8. The van der Waals surface area contributed by atoms with Crippen LogP contribution in [-0.2, 0) is 4.79 Å². The first kappa shape index (κ1) is 25.2. The molecular formula is C28H39N5O2. The van der Waals surface area contributed by atoms with Crippen molar-refractivity contribution < 1.29 is 4.79 Å². The van der Waals surface area contributed by atoms with Gasteiger partial charge in [0.05, 0.1) is 17.3 Å². The predicted molar refractivity (Wildman–Crippen MR) is 141 cm³/mol. The van der Waals surface area contributed by atoms with E-state index in [1.807, 2.05) is 55.7 Å². The van der Waals surface area contributed by atoms with Gasteiger partial charge in [0.2, 0.25) is 5.91 Å². The third-order valence-electron chi connectivity index (χ3n) is 7.35. The number of fused-ring (bicyclic) bond motifs is 1. The molecule has 0 radical (unpaired) electrons. The molecule has 1 aliphatic heterocycles. The Labute approximate surface area is 208 Å². The average molecular weight is 478 g/mol. The van der Waals surface area contributed by atoms with Crippen LogP contribution in [0.4, 0.5) is 0 Å². The minimum atomic E-state index is -0.359. The van der Waals surface area contributed by atoms with E-state index < -0.39 is 0 Å². The van der Waals surface area contributed by atoms with E-state index in [0.717, 1.165) is 60.4 Å². The van der Waals surface area contributed by atoms with Gasteiger partial charge in [-0.1, -0.05) is 39.0 Å². The molecule has 0 saturated carbocycles. The minimum absolute atomic E-state index is 0.00994. The van der Waals surface area contributed by atoms with Crippen molar-refractivity contribution in [2.45, 2.75) is 59.9 Å². The first-order valence-corrected chi connectivity index (χ1v) is 13.0. The molecule has 1 fully saturated rings. The molecule has 1 amide bonds. The van der Waals surface area contributed by atoms with Crippen LogP contribution in [0.15, 0.2) is 41.3 Å². The Morgan fingerprint density at radius 3 is 2.46 bits per heavy atom. The van der Waals surface area contributed by atoms with Gasteiger partial charge in [0.25, 0.3) is 5.56 Å². The minimum Gasteiger partial charge on any atom is -0.354 e. The number of nitrogens with one attached hydrogen (secondary N) is 1. The number of amides is 1. The van der Waals surface area contributed by atoms with Crippen molar-refractivity contribution in [3.8, 4) is 5.69 Å². The van der Waals surface area contributed by atoms with Crippen molar-refractivity contribution in [3.63, 3.8) is 0 Å². The van der Waals surface area contributed by atoms with Gasteiger partial charge in [-0.15, -0.1) is 0 Å². The summed E-state index contributed by atoms with van der Waals surface area (Å²) in [4.78, 5) is 29.2. The Morgan fingerprint density at radius 1 is 1.11 bits per heavy atom. The summed E-state index contributed by atoms with van der Waals surface area (Å²) in [6.45, 7) is 14.6. The molecule has 3 aromatic rings. The Bertz CT molecular complexity index is 1220. The van der Waals surface area contributed by atoms with Crippen LogP contribution in [0.3, 0.4) is 0 Å². The molecule has 1 aromatic carbocycles. The molecule has 7 nitrogen and oxygen atoms in total. The lowest BCUT2D eigenvalue weighted by Crippen LogP contribution is -2.40. The van der Waals surface area contributed by atoms with E-state index in [1.54, 1.807) is 6.20 Å². The number of benzene rings is 1. The fourth-order valence-electron chi connectivity index (χ4n) is 5.89. The van der Waals surface area contributed by atoms with Crippen molar-refractivity contribution in [1.29, 1.82) is 0 Å². The molecule has 1 N–H and O–H groups in total. The molecule has 0 bridgehead atoms. The normalized spacial score (nSPS) is 19.7. The van der Waals surface area contributed by atoms with Crippen molar-refractivity contribution in [3.05, 3.63) is 58.3 Å². The van der Waals surface area contributed by atoms with Crippen LogP contribution in [0.25, 0.3) is 16.5 Å². The molecular weight excluding hydrogens is 438 g/mol. The second kappa shape index (κ2) is 10.8. The summed E-state index contributed by atoms with van der Waals surface area (Å²) in [5, 5.41) is 9.01. The number of para-hydroxylation sites is 1. The zero-order valence-electron chi connectivity index (χ0n) is 21.8. The number of carbonyl (C=O) groups is 1. The lowest BCUT2D eigenvalue weighted by Gasteiger charge is -2.35. The van der Waals surface area contributed by atoms with Gasteiger partial charge in [-0.25, -0.2) is 0 Å². The molecule has 35 heavy (non-hydrogen) atoms. The molecule has 7 heteroatoms. The predicted octanol–water partition coefficient (Wildman–Crippen LogP) is 4.24. The van der Waals surface area contributed by atoms with Crippen LogP contribution in [0.1, 0.15) is 57.5 Å². The number of carbonyl (C=O) groups excluding carboxylic acids is 1. The van der Waals surface area contributed by atoms with Crippen LogP contribution < -0.4 is 10.9 Å². The maximum Gasteiger partial charge on any atom is 0.281 e. The molecule has 2 aromatic heterocycles. The van der Waals surface area contributed by atoms with Crippen LogP contribution in [0.2, 0.25) is 0 Å². The molecule has 0 aliphatic carbocycles. The quantitative estimate of drug-likeness (QED) is 0.493. The van der Waals surface area contributed by atoms with E-state index in [0.29, 0.717) is 18.4 Å². The zero-order chi connectivity index (χ0) is 25.1. The summed E-state index contributed by atoms with van der Waals surface area (Å²) >= 11 is 0. The summed E-state index contributed by atoms with van der Waals surface area (Å²) in [7, 11) is 0. The largest absolute Gasteiger partial charge is 0.354 e. The second-order valence-corrected chi connectivity index (χ2v) is 10.3. The molecule has 3 heterocycles. The second-order valence-electron chi connectivity index (χ2n) is 10.3. The van der Waals surface area contributed by atoms with Gasteiger partial charge in [-0.2, -0.15) is 9.78 Å². The number of hydrogen-bond donors (Lipinski definition) is 1. The fourth-order valence-corrected chi connectivity index (χ4v) is 5.89. The Morgan fingerprint density at radius 2 is 1.80 bits per heavy atom. The van der Waals surface area contributed by atoms with E-state index >= 15 is 0 Å². The van der Waals surface area contributed by atoms with E-state index in [-0.39, 0.29) is 17.5 Å². The van der Waals surface area contributed by atoms with Gasteiger partial charge in [0.15, 0.2) is 0 Å². The number of likely N-dealkylation sites (tertiary alicyclic amines) is 1.